The van der Waals surface area contributed by atoms with Gasteiger partial charge in [-0.05, 0) is 54.8 Å². The van der Waals surface area contributed by atoms with Crippen molar-refractivity contribution in [1.82, 2.24) is 4.98 Å². The molecule has 2 heterocycles. The Morgan fingerprint density at radius 1 is 1.03 bits per heavy atom. The quantitative estimate of drug-likeness (QED) is 0.589. The van der Waals surface area contributed by atoms with Crippen LogP contribution in [0.5, 0.6) is 11.5 Å². The number of ether oxygens (including phenoxy) is 2. The van der Waals surface area contributed by atoms with E-state index in [1.807, 2.05) is 24.3 Å². The predicted molar refractivity (Wildman–Crippen MR) is 122 cm³/mol. The number of carbonyl (C=O) groups is 1. The number of benzene rings is 2. The van der Waals surface area contributed by atoms with Crippen molar-refractivity contribution in [2.45, 2.75) is 18.3 Å². The topological polar surface area (TPSA) is 107 Å². The summed E-state index contributed by atoms with van der Waals surface area (Å²) in [5.74, 6) is 1.66. The molecular formula is C23H23N3O5S. The first-order chi connectivity index (χ1) is 15.3. The summed E-state index contributed by atoms with van der Waals surface area (Å²) in [4.78, 5) is 17.7. The van der Waals surface area contributed by atoms with Crippen LogP contribution in [0.3, 0.4) is 0 Å². The molecule has 1 aromatic heterocycles. The number of amides is 1. The summed E-state index contributed by atoms with van der Waals surface area (Å²) in [5, 5.41) is 2.94. The number of sulfonamides is 1. The molecular weight excluding hydrogens is 430 g/mol. The van der Waals surface area contributed by atoms with Gasteiger partial charge in [-0.3, -0.25) is 9.52 Å². The molecule has 1 aliphatic heterocycles. The first-order valence-electron chi connectivity index (χ1n) is 10.1. The molecule has 8 nitrogen and oxygen atoms in total. The number of carbonyl (C=O) groups excluding carboxylic acids is 1. The summed E-state index contributed by atoms with van der Waals surface area (Å²) in [6.45, 7) is 0.190. The van der Waals surface area contributed by atoms with Crippen LogP contribution in [0, 0.1) is 0 Å². The molecule has 0 bridgehead atoms. The van der Waals surface area contributed by atoms with Gasteiger partial charge >= 0.3 is 0 Å². The highest BCUT2D eigenvalue weighted by Crippen LogP contribution is 2.51. The molecule has 1 aliphatic carbocycles. The third kappa shape index (κ3) is 3.99. The number of pyridine rings is 1. The van der Waals surface area contributed by atoms with Gasteiger partial charge in [0.1, 0.15) is 5.82 Å². The van der Waals surface area contributed by atoms with Gasteiger partial charge in [0.2, 0.25) is 22.7 Å². The van der Waals surface area contributed by atoms with Crippen LogP contribution in [-0.2, 0) is 20.2 Å². The van der Waals surface area contributed by atoms with Gasteiger partial charge in [0, 0.05) is 12.7 Å². The highest BCUT2D eigenvalue weighted by molar-refractivity contribution is 7.92. The van der Waals surface area contributed by atoms with Crippen molar-refractivity contribution in [3.05, 3.63) is 66.2 Å². The first kappa shape index (κ1) is 20.3. The highest BCUT2D eigenvalue weighted by Gasteiger charge is 2.51. The molecule has 166 valence electrons. The minimum Gasteiger partial charge on any atom is -0.454 e. The number of hydrogen-bond acceptors (Lipinski definition) is 6. The number of anilines is 2. The number of nitrogens with zero attached hydrogens (tertiary/aromatic N) is 1. The van der Waals surface area contributed by atoms with Crippen molar-refractivity contribution in [2.75, 3.05) is 23.1 Å². The summed E-state index contributed by atoms with van der Waals surface area (Å²) in [6, 6.07) is 17.9. The maximum Gasteiger partial charge on any atom is 0.236 e. The predicted octanol–water partition coefficient (Wildman–Crippen LogP) is 3.77. The number of rotatable bonds is 6. The second kappa shape index (κ2) is 7.52. The number of fused-ring (bicyclic) bond motifs is 1. The smallest absolute Gasteiger partial charge is 0.236 e. The normalized spacial score (nSPS) is 15.8. The van der Waals surface area contributed by atoms with Crippen molar-refractivity contribution in [2.24, 2.45) is 0 Å². The van der Waals surface area contributed by atoms with Gasteiger partial charge in [-0.1, -0.05) is 24.3 Å². The van der Waals surface area contributed by atoms with E-state index in [1.165, 1.54) is 0 Å². The lowest BCUT2D eigenvalue weighted by molar-refractivity contribution is -0.118. The molecule has 2 aliphatic rings. The van der Waals surface area contributed by atoms with Crippen LogP contribution in [0.25, 0.3) is 11.3 Å². The Labute approximate surface area is 187 Å². The van der Waals surface area contributed by atoms with E-state index in [2.05, 4.69) is 15.0 Å². The molecule has 1 amide bonds. The lowest BCUT2D eigenvalue weighted by atomic mass is 9.94. The SMILES string of the molecule is CS(=O)(=O)Nc1cccc(-c2cccc(NC(=O)C3(c4ccc5c(c4)OCO5)CC3)n2)c1.[HH]. The van der Waals surface area contributed by atoms with E-state index in [1.54, 1.807) is 36.4 Å². The fraction of sp³-hybridized carbons (Fsp3) is 0.217. The van der Waals surface area contributed by atoms with E-state index in [-0.39, 0.29) is 14.1 Å². The van der Waals surface area contributed by atoms with Gasteiger partial charge in [-0.15, -0.1) is 0 Å². The van der Waals surface area contributed by atoms with Gasteiger partial charge in [0.15, 0.2) is 11.5 Å². The summed E-state index contributed by atoms with van der Waals surface area (Å²) < 4.78 is 36.3. The van der Waals surface area contributed by atoms with Crippen LogP contribution in [0.15, 0.2) is 60.7 Å². The molecule has 5 rings (SSSR count). The van der Waals surface area contributed by atoms with Crippen LogP contribution < -0.4 is 19.5 Å². The van der Waals surface area contributed by atoms with E-state index in [4.69, 9.17) is 9.47 Å². The second-order valence-electron chi connectivity index (χ2n) is 7.97. The lowest BCUT2D eigenvalue weighted by Crippen LogP contribution is -2.28. The van der Waals surface area contributed by atoms with Gasteiger partial charge < -0.3 is 14.8 Å². The van der Waals surface area contributed by atoms with E-state index >= 15 is 0 Å². The molecule has 0 unspecified atom stereocenters. The van der Waals surface area contributed by atoms with Crippen molar-refractivity contribution in [3.63, 3.8) is 0 Å². The molecule has 3 aromatic rings. The Hall–Kier alpha value is -3.59. The minimum atomic E-state index is -3.38. The third-order valence-electron chi connectivity index (χ3n) is 5.56. The highest BCUT2D eigenvalue weighted by atomic mass is 32.2. The molecule has 0 radical (unpaired) electrons. The van der Waals surface area contributed by atoms with Gasteiger partial charge in [-0.25, -0.2) is 13.4 Å². The van der Waals surface area contributed by atoms with Crippen molar-refractivity contribution < 1.29 is 24.1 Å². The van der Waals surface area contributed by atoms with Crippen LogP contribution in [0.4, 0.5) is 11.5 Å². The monoisotopic (exact) mass is 453 g/mol. The van der Waals surface area contributed by atoms with Crippen molar-refractivity contribution >= 4 is 27.4 Å². The summed E-state index contributed by atoms with van der Waals surface area (Å²) in [7, 11) is -3.38. The maximum atomic E-state index is 13.2. The Kier molecular flexibility index (Phi) is 4.78. The number of aromatic nitrogens is 1. The Bertz CT molecular complexity index is 1330. The number of nitrogens with one attached hydrogen (secondary N) is 2. The fourth-order valence-corrected chi connectivity index (χ4v) is 4.38. The second-order valence-corrected chi connectivity index (χ2v) is 9.72. The summed E-state index contributed by atoms with van der Waals surface area (Å²) in [5.41, 5.74) is 2.09. The van der Waals surface area contributed by atoms with Gasteiger partial charge in [-0.2, -0.15) is 0 Å². The first-order valence-corrected chi connectivity index (χ1v) is 12.0. The largest absolute Gasteiger partial charge is 0.454 e. The summed E-state index contributed by atoms with van der Waals surface area (Å²) >= 11 is 0. The molecule has 32 heavy (non-hydrogen) atoms. The third-order valence-corrected chi connectivity index (χ3v) is 6.17. The molecule has 0 atom stereocenters. The molecule has 0 saturated heterocycles. The fourth-order valence-electron chi connectivity index (χ4n) is 3.82. The van der Waals surface area contributed by atoms with Gasteiger partial charge in [0.05, 0.1) is 17.4 Å². The summed E-state index contributed by atoms with van der Waals surface area (Å²) in [6.07, 6.45) is 2.59. The lowest BCUT2D eigenvalue weighted by Gasteiger charge is -2.16. The van der Waals surface area contributed by atoms with E-state index in [0.717, 1.165) is 30.2 Å². The van der Waals surface area contributed by atoms with Crippen molar-refractivity contribution in [1.29, 1.82) is 0 Å². The average molecular weight is 454 g/mol. The molecule has 1 saturated carbocycles. The Morgan fingerprint density at radius 2 is 1.81 bits per heavy atom. The Morgan fingerprint density at radius 3 is 2.59 bits per heavy atom. The van der Waals surface area contributed by atoms with Crippen LogP contribution in [0.2, 0.25) is 0 Å². The average Bonchev–Trinajstić information content (AvgIpc) is 3.44. The molecule has 9 heteroatoms. The molecule has 0 spiro atoms. The van der Waals surface area contributed by atoms with E-state index < -0.39 is 15.4 Å². The zero-order valence-corrected chi connectivity index (χ0v) is 18.1. The standard InChI is InChI=1S/C23H21N3O5S.H2/c1-32(28,29)26-17-5-2-4-15(12-17)18-6-3-7-21(24-18)25-22(27)23(10-11-23)16-8-9-19-20(13-16)31-14-30-19;/h2-9,12-13,26H,10-11,14H2,1H3,(H,24,25,27);1H. The van der Waals surface area contributed by atoms with Crippen LogP contribution >= 0.6 is 0 Å². The minimum absolute atomic E-state index is 0. The zero-order chi connectivity index (χ0) is 22.3. The zero-order valence-electron chi connectivity index (χ0n) is 17.3. The van der Waals surface area contributed by atoms with Crippen LogP contribution in [0.1, 0.15) is 19.8 Å². The maximum absolute atomic E-state index is 13.2. The van der Waals surface area contributed by atoms with Crippen LogP contribution in [-0.4, -0.2) is 32.4 Å². The molecule has 2 aromatic carbocycles. The molecule has 2 N–H and O–H groups in total. The van der Waals surface area contributed by atoms with E-state index in [9.17, 15) is 13.2 Å². The van der Waals surface area contributed by atoms with Crippen molar-refractivity contribution in [3.8, 4) is 22.8 Å². The number of hydrogen-bond donors (Lipinski definition) is 2. The Balaban J connectivity index is 0.00000259. The molecule has 1 fully saturated rings. The van der Waals surface area contributed by atoms with Gasteiger partial charge in [0.25, 0.3) is 0 Å². The van der Waals surface area contributed by atoms with E-state index in [0.29, 0.717) is 28.7 Å².